The van der Waals surface area contributed by atoms with Gasteiger partial charge in [0.05, 0.1) is 22.5 Å². The number of nitrogens with one attached hydrogen (secondary N) is 1. The third-order valence-corrected chi connectivity index (χ3v) is 7.36. The molecule has 3 heterocycles. The van der Waals surface area contributed by atoms with Crippen molar-refractivity contribution in [3.63, 3.8) is 0 Å². The number of alkyl halides is 5. The Morgan fingerprint density at radius 2 is 1.75 bits per heavy atom. The number of primary amides is 1. The fourth-order valence-corrected chi connectivity index (χ4v) is 5.41. The van der Waals surface area contributed by atoms with Crippen LogP contribution in [0.4, 0.5) is 22.0 Å². The van der Waals surface area contributed by atoms with Crippen molar-refractivity contribution in [2.75, 3.05) is 0 Å². The number of carbonyl (C=O) groups excluding carboxylic acids is 1. The fraction of sp³-hybridized carbons (Fsp3) is 0.440. The van der Waals surface area contributed by atoms with E-state index in [0.29, 0.717) is 28.0 Å². The number of halogens is 5. The highest BCUT2D eigenvalue weighted by molar-refractivity contribution is 6.03. The maximum Gasteiger partial charge on any atom is 0.391 e. The second kappa shape index (κ2) is 8.63. The third-order valence-electron chi connectivity index (χ3n) is 7.36. The van der Waals surface area contributed by atoms with E-state index in [9.17, 15) is 31.5 Å². The molecule has 2 aliphatic rings. The molecule has 0 aromatic carbocycles. The summed E-state index contributed by atoms with van der Waals surface area (Å²) < 4.78 is 66.7. The molecule has 6 nitrogen and oxygen atoms in total. The number of amides is 1. The molecule has 190 valence electrons. The summed E-state index contributed by atoms with van der Waals surface area (Å²) in [4.78, 5) is 36.0. The molecule has 3 N–H and O–H groups in total. The van der Waals surface area contributed by atoms with E-state index in [-0.39, 0.29) is 55.5 Å². The molecule has 2 fully saturated rings. The summed E-state index contributed by atoms with van der Waals surface area (Å²) in [5.41, 5.74) is 7.00. The standard InChI is InChI=1S/C25H23F5N4O2/c26-24(27)9-13(10-24)18-7-15(12-1-3-14(4-2-12)25(28,29)30)16(11-33-18)19-8-20(35)21-17(34-19)5-6-32-22(21)23(31)36/h5-8,11-14H,1-4,9-10H2,(H2,31,36)(H,34,35)/t12-,14-. The maximum absolute atomic E-state index is 13.5. The highest BCUT2D eigenvalue weighted by atomic mass is 19.4. The van der Waals surface area contributed by atoms with E-state index in [2.05, 4.69) is 15.0 Å². The van der Waals surface area contributed by atoms with E-state index in [0.717, 1.165) is 0 Å². The van der Waals surface area contributed by atoms with Crippen LogP contribution in [0.2, 0.25) is 0 Å². The largest absolute Gasteiger partial charge is 0.391 e. The van der Waals surface area contributed by atoms with Crippen LogP contribution >= 0.6 is 0 Å². The molecule has 0 bridgehead atoms. The molecule has 11 heteroatoms. The molecule has 2 saturated carbocycles. The van der Waals surface area contributed by atoms with Crippen LogP contribution in [0.5, 0.6) is 0 Å². The minimum atomic E-state index is -4.26. The average molecular weight is 506 g/mol. The highest BCUT2D eigenvalue weighted by Crippen LogP contribution is 2.50. The van der Waals surface area contributed by atoms with Gasteiger partial charge in [0.2, 0.25) is 5.92 Å². The molecule has 0 unspecified atom stereocenters. The second-order valence-corrected chi connectivity index (χ2v) is 9.74. The summed E-state index contributed by atoms with van der Waals surface area (Å²) in [5, 5.41) is 0.0299. The first-order valence-corrected chi connectivity index (χ1v) is 11.7. The van der Waals surface area contributed by atoms with Crippen molar-refractivity contribution in [2.24, 2.45) is 11.7 Å². The monoisotopic (exact) mass is 506 g/mol. The van der Waals surface area contributed by atoms with Gasteiger partial charge in [-0.05, 0) is 49.3 Å². The number of nitrogens with two attached hydrogens (primary N) is 1. The Balaban J connectivity index is 1.58. The van der Waals surface area contributed by atoms with Crippen molar-refractivity contribution < 1.29 is 26.7 Å². The van der Waals surface area contributed by atoms with Crippen molar-refractivity contribution >= 4 is 16.8 Å². The molecule has 3 aromatic heterocycles. The van der Waals surface area contributed by atoms with Crippen LogP contribution < -0.4 is 11.2 Å². The van der Waals surface area contributed by atoms with Crippen LogP contribution in [-0.2, 0) is 0 Å². The number of nitrogens with zero attached hydrogens (tertiary/aromatic N) is 2. The molecule has 36 heavy (non-hydrogen) atoms. The first-order chi connectivity index (χ1) is 16.9. The van der Waals surface area contributed by atoms with Gasteiger partial charge >= 0.3 is 6.18 Å². The summed E-state index contributed by atoms with van der Waals surface area (Å²) in [7, 11) is 0. The summed E-state index contributed by atoms with van der Waals surface area (Å²) in [6.07, 6.45) is -1.60. The number of hydrogen-bond donors (Lipinski definition) is 2. The molecule has 0 atom stereocenters. The van der Waals surface area contributed by atoms with Gasteiger partial charge in [-0.2, -0.15) is 13.2 Å². The second-order valence-electron chi connectivity index (χ2n) is 9.74. The predicted molar refractivity (Wildman–Crippen MR) is 122 cm³/mol. The zero-order valence-electron chi connectivity index (χ0n) is 19.0. The van der Waals surface area contributed by atoms with Crippen molar-refractivity contribution in [3.05, 3.63) is 57.8 Å². The number of H-pyrrole nitrogens is 1. The van der Waals surface area contributed by atoms with Gasteiger partial charge in [0.15, 0.2) is 5.43 Å². The van der Waals surface area contributed by atoms with Crippen molar-refractivity contribution in [1.29, 1.82) is 0 Å². The lowest BCUT2D eigenvalue weighted by molar-refractivity contribution is -0.182. The van der Waals surface area contributed by atoms with Gasteiger partial charge in [0.25, 0.3) is 5.91 Å². The first kappa shape index (κ1) is 24.3. The Hall–Kier alpha value is -3.37. The van der Waals surface area contributed by atoms with E-state index >= 15 is 0 Å². The minimum Gasteiger partial charge on any atom is -0.364 e. The number of hydrogen-bond acceptors (Lipinski definition) is 4. The van der Waals surface area contributed by atoms with Gasteiger partial charge in [-0.1, -0.05) is 0 Å². The smallest absolute Gasteiger partial charge is 0.364 e. The van der Waals surface area contributed by atoms with Gasteiger partial charge < -0.3 is 10.7 Å². The molecule has 1 amide bonds. The van der Waals surface area contributed by atoms with Gasteiger partial charge in [0.1, 0.15) is 5.69 Å². The van der Waals surface area contributed by atoms with E-state index in [4.69, 9.17) is 5.73 Å². The Morgan fingerprint density at radius 1 is 1.06 bits per heavy atom. The molecule has 2 aliphatic carbocycles. The molecule has 0 saturated heterocycles. The minimum absolute atomic E-state index is 0.0299. The zero-order chi connectivity index (χ0) is 25.8. The Labute approximate surface area is 202 Å². The average Bonchev–Trinajstić information content (AvgIpc) is 2.81. The van der Waals surface area contributed by atoms with Crippen LogP contribution in [0.3, 0.4) is 0 Å². The van der Waals surface area contributed by atoms with E-state index in [1.165, 1.54) is 24.5 Å². The lowest BCUT2D eigenvalue weighted by atomic mass is 9.75. The fourth-order valence-electron chi connectivity index (χ4n) is 5.41. The Bertz CT molecular complexity index is 1390. The molecule has 3 aromatic rings. The maximum atomic E-state index is 13.5. The van der Waals surface area contributed by atoms with Crippen LogP contribution in [0, 0.1) is 5.92 Å². The molecule has 0 aliphatic heterocycles. The van der Waals surface area contributed by atoms with Crippen molar-refractivity contribution in [2.45, 2.75) is 62.5 Å². The number of aromatic nitrogens is 3. The van der Waals surface area contributed by atoms with Crippen LogP contribution in [-0.4, -0.2) is 33.0 Å². The lowest BCUT2D eigenvalue weighted by Crippen LogP contribution is -2.34. The third kappa shape index (κ3) is 4.46. The number of aromatic amines is 1. The number of pyridine rings is 3. The van der Waals surface area contributed by atoms with Gasteiger partial charge in [-0.25, -0.2) is 8.78 Å². The highest BCUT2D eigenvalue weighted by Gasteiger charge is 2.47. The quantitative estimate of drug-likeness (QED) is 0.461. The van der Waals surface area contributed by atoms with Crippen molar-refractivity contribution in [3.8, 4) is 11.3 Å². The van der Waals surface area contributed by atoms with Gasteiger partial charge in [-0.15, -0.1) is 0 Å². The molecule has 0 radical (unpaired) electrons. The molecular formula is C25H23F5N4O2. The zero-order valence-corrected chi connectivity index (χ0v) is 19.0. The van der Waals surface area contributed by atoms with Crippen LogP contribution in [0.1, 0.15) is 72.1 Å². The molecule has 5 rings (SSSR count). The SMILES string of the molecule is NC(=O)c1nccc2[nH]c(-c3cnc(C4CC(F)(F)C4)cc3[C@H]3CC[C@H](C(F)(F)F)CC3)cc(=O)c12. The summed E-state index contributed by atoms with van der Waals surface area (Å²) in [5.74, 6) is -5.66. The van der Waals surface area contributed by atoms with E-state index in [1.54, 1.807) is 6.07 Å². The number of carbonyl (C=O) groups is 1. The topological polar surface area (TPSA) is 102 Å². The normalized spacial score (nSPS) is 22.4. The predicted octanol–water partition coefficient (Wildman–Crippen LogP) is 5.43. The van der Waals surface area contributed by atoms with Crippen LogP contribution in [0.15, 0.2) is 35.4 Å². The number of fused-ring (bicyclic) bond motifs is 1. The Morgan fingerprint density at radius 3 is 2.36 bits per heavy atom. The number of rotatable bonds is 4. The summed E-state index contributed by atoms with van der Waals surface area (Å²) in [6, 6.07) is 4.49. The first-order valence-electron chi connectivity index (χ1n) is 11.7. The van der Waals surface area contributed by atoms with E-state index in [1.807, 2.05) is 0 Å². The van der Waals surface area contributed by atoms with E-state index < -0.39 is 35.3 Å². The molecule has 0 spiro atoms. The summed E-state index contributed by atoms with van der Waals surface area (Å²) in [6.45, 7) is 0. The van der Waals surface area contributed by atoms with Gasteiger partial charge in [0, 0.05) is 48.5 Å². The van der Waals surface area contributed by atoms with Crippen molar-refractivity contribution in [1.82, 2.24) is 15.0 Å². The Kier molecular flexibility index (Phi) is 5.83. The summed E-state index contributed by atoms with van der Waals surface area (Å²) >= 11 is 0. The van der Waals surface area contributed by atoms with Crippen LogP contribution in [0.25, 0.3) is 22.2 Å². The van der Waals surface area contributed by atoms with Gasteiger partial charge in [-0.3, -0.25) is 19.6 Å². The lowest BCUT2D eigenvalue weighted by Gasteiger charge is -2.35. The molecular weight excluding hydrogens is 483 g/mol.